The average molecular weight is 369 g/mol. The zero-order valence-corrected chi connectivity index (χ0v) is 15.0. The molecule has 0 radical (unpaired) electrons. The summed E-state index contributed by atoms with van der Waals surface area (Å²) in [6, 6.07) is 12.7. The van der Waals surface area contributed by atoms with Crippen LogP contribution in [-0.4, -0.2) is 23.6 Å². The number of hydrogen-bond acceptors (Lipinski definition) is 7. The maximum Gasteiger partial charge on any atom is 0.347 e. The van der Waals surface area contributed by atoms with E-state index in [-0.39, 0.29) is 16.9 Å². The lowest BCUT2D eigenvalue weighted by Crippen LogP contribution is -2.26. The van der Waals surface area contributed by atoms with Crippen molar-refractivity contribution in [3.63, 3.8) is 0 Å². The topological polar surface area (TPSA) is 114 Å². The van der Waals surface area contributed by atoms with Crippen LogP contribution in [-0.2, 0) is 9.53 Å². The number of benzene rings is 2. The summed E-state index contributed by atoms with van der Waals surface area (Å²) in [5.74, 6) is 0.0306. The van der Waals surface area contributed by atoms with Gasteiger partial charge in [0.05, 0.1) is 23.2 Å². The Kier molecular flexibility index (Phi) is 6.72. The third-order valence-corrected chi connectivity index (χ3v) is 3.55. The molecule has 2 rings (SSSR count). The summed E-state index contributed by atoms with van der Waals surface area (Å²) in [6.45, 7) is 3.85. The molecule has 0 spiro atoms. The molecular weight excluding hydrogens is 350 g/mol. The highest BCUT2D eigenvalue weighted by Crippen LogP contribution is 2.29. The molecule has 0 aliphatic heterocycles. The van der Waals surface area contributed by atoms with Crippen LogP contribution in [0, 0.1) is 21.4 Å². The van der Waals surface area contributed by atoms with Crippen molar-refractivity contribution in [2.45, 2.75) is 26.4 Å². The van der Waals surface area contributed by atoms with Crippen molar-refractivity contribution in [1.82, 2.24) is 0 Å². The number of hydrogen-bond donors (Lipinski definition) is 1. The Morgan fingerprint density at radius 2 is 2.00 bits per heavy atom. The van der Waals surface area contributed by atoms with Crippen LogP contribution in [0.25, 0.3) is 0 Å². The molecule has 1 unspecified atom stereocenters. The number of nitro benzene ring substituents is 1. The van der Waals surface area contributed by atoms with Crippen molar-refractivity contribution < 1.29 is 19.2 Å². The summed E-state index contributed by atoms with van der Waals surface area (Å²) < 4.78 is 10.5. The van der Waals surface area contributed by atoms with Gasteiger partial charge in [-0.2, -0.15) is 5.26 Å². The predicted molar refractivity (Wildman–Crippen MR) is 98.9 cm³/mol. The number of nitro groups is 1. The van der Waals surface area contributed by atoms with Gasteiger partial charge in [-0.05, 0) is 49.7 Å². The summed E-state index contributed by atoms with van der Waals surface area (Å²) in [7, 11) is 0. The molecule has 1 atom stereocenters. The van der Waals surface area contributed by atoms with E-state index in [1.54, 1.807) is 31.2 Å². The molecule has 140 valence electrons. The fourth-order valence-electron chi connectivity index (χ4n) is 2.20. The second-order valence-corrected chi connectivity index (χ2v) is 5.68. The van der Waals surface area contributed by atoms with Gasteiger partial charge < -0.3 is 14.8 Å². The lowest BCUT2D eigenvalue weighted by Gasteiger charge is -2.14. The van der Waals surface area contributed by atoms with E-state index in [1.807, 2.05) is 13.0 Å². The minimum absolute atomic E-state index is 0.193. The Balaban J connectivity index is 2.07. The molecule has 0 saturated heterocycles. The lowest BCUT2D eigenvalue weighted by molar-refractivity contribution is -0.383. The zero-order valence-electron chi connectivity index (χ0n) is 15.0. The molecule has 2 aromatic carbocycles. The average Bonchev–Trinajstić information content (AvgIpc) is 2.67. The minimum Gasteiger partial charge on any atom is -0.479 e. The highest BCUT2D eigenvalue weighted by atomic mass is 16.6. The predicted octanol–water partition coefficient (Wildman–Crippen LogP) is 3.93. The number of nitrogens with one attached hydrogen (secondary N) is 1. The van der Waals surface area contributed by atoms with Crippen LogP contribution in [0.1, 0.15) is 25.8 Å². The fraction of sp³-hybridized carbons (Fsp3) is 0.263. The molecule has 0 amide bonds. The standard InChI is InChI=1S/C19H19N3O5/c1-3-10-26-19(23)13(2)27-16-7-5-15(6-8-16)21-17-9-4-14(12-20)11-18(17)22(24)25/h4-9,11,13,21H,3,10H2,1-2H3. The smallest absolute Gasteiger partial charge is 0.347 e. The minimum atomic E-state index is -0.741. The van der Waals surface area contributed by atoms with E-state index in [1.165, 1.54) is 18.2 Å². The summed E-state index contributed by atoms with van der Waals surface area (Å²) in [5, 5.41) is 23.0. The van der Waals surface area contributed by atoms with Gasteiger partial charge in [0.1, 0.15) is 11.4 Å². The van der Waals surface area contributed by atoms with Gasteiger partial charge in [-0.1, -0.05) is 6.92 Å². The van der Waals surface area contributed by atoms with Crippen LogP contribution >= 0.6 is 0 Å². The first-order valence-electron chi connectivity index (χ1n) is 8.33. The van der Waals surface area contributed by atoms with Crippen LogP contribution in [0.2, 0.25) is 0 Å². The van der Waals surface area contributed by atoms with E-state index in [2.05, 4.69) is 5.32 Å². The van der Waals surface area contributed by atoms with E-state index in [0.717, 1.165) is 6.42 Å². The Bertz CT molecular complexity index is 859. The van der Waals surface area contributed by atoms with E-state index in [9.17, 15) is 14.9 Å². The summed E-state index contributed by atoms with van der Waals surface area (Å²) >= 11 is 0. The summed E-state index contributed by atoms with van der Waals surface area (Å²) in [4.78, 5) is 22.4. The van der Waals surface area contributed by atoms with Crippen molar-refractivity contribution in [2.24, 2.45) is 0 Å². The molecule has 8 heteroatoms. The van der Waals surface area contributed by atoms with E-state index >= 15 is 0 Å². The molecule has 1 N–H and O–H groups in total. The molecule has 0 aliphatic carbocycles. The first kappa shape index (κ1) is 19.7. The highest BCUT2D eigenvalue weighted by Gasteiger charge is 2.17. The molecule has 0 bridgehead atoms. The first-order valence-corrected chi connectivity index (χ1v) is 8.33. The highest BCUT2D eigenvalue weighted by molar-refractivity contribution is 5.75. The van der Waals surface area contributed by atoms with Gasteiger partial charge in [-0.15, -0.1) is 0 Å². The molecule has 0 fully saturated rings. The lowest BCUT2D eigenvalue weighted by atomic mass is 10.2. The number of anilines is 2. The quantitative estimate of drug-likeness (QED) is 0.426. The molecule has 0 heterocycles. The SMILES string of the molecule is CCCOC(=O)C(C)Oc1ccc(Nc2ccc(C#N)cc2[N+](=O)[O-])cc1. The Morgan fingerprint density at radius 3 is 2.59 bits per heavy atom. The van der Waals surface area contributed by atoms with Crippen LogP contribution in [0.3, 0.4) is 0 Å². The van der Waals surface area contributed by atoms with E-state index in [0.29, 0.717) is 18.0 Å². The molecule has 0 aliphatic rings. The van der Waals surface area contributed by atoms with E-state index in [4.69, 9.17) is 14.7 Å². The molecule has 0 saturated carbocycles. The van der Waals surface area contributed by atoms with Crippen molar-refractivity contribution in [3.05, 3.63) is 58.1 Å². The van der Waals surface area contributed by atoms with E-state index < -0.39 is 17.0 Å². The van der Waals surface area contributed by atoms with Gasteiger partial charge in [-0.25, -0.2) is 4.79 Å². The maximum absolute atomic E-state index is 11.7. The van der Waals surface area contributed by atoms with Crippen LogP contribution in [0.4, 0.5) is 17.1 Å². The van der Waals surface area contributed by atoms with Crippen LogP contribution in [0.5, 0.6) is 5.75 Å². The zero-order chi connectivity index (χ0) is 19.8. The number of nitrogens with zero attached hydrogens (tertiary/aromatic N) is 2. The Morgan fingerprint density at radius 1 is 1.30 bits per heavy atom. The normalized spacial score (nSPS) is 11.1. The van der Waals surface area contributed by atoms with Crippen molar-refractivity contribution >= 4 is 23.0 Å². The van der Waals surface area contributed by atoms with Gasteiger partial charge in [-0.3, -0.25) is 10.1 Å². The molecule has 8 nitrogen and oxygen atoms in total. The van der Waals surface area contributed by atoms with Crippen LogP contribution < -0.4 is 10.1 Å². The van der Waals surface area contributed by atoms with Gasteiger partial charge in [0.25, 0.3) is 5.69 Å². The number of carbonyl (C=O) groups excluding carboxylic acids is 1. The number of esters is 1. The molecular formula is C19H19N3O5. The maximum atomic E-state index is 11.7. The summed E-state index contributed by atoms with van der Waals surface area (Å²) in [5.41, 5.74) is 0.877. The Hall–Kier alpha value is -3.60. The van der Waals surface area contributed by atoms with Gasteiger partial charge in [0.15, 0.2) is 6.10 Å². The van der Waals surface area contributed by atoms with Crippen molar-refractivity contribution in [1.29, 1.82) is 5.26 Å². The second-order valence-electron chi connectivity index (χ2n) is 5.68. The second kappa shape index (κ2) is 9.20. The van der Waals surface area contributed by atoms with Crippen molar-refractivity contribution in [3.8, 4) is 11.8 Å². The van der Waals surface area contributed by atoms with Crippen molar-refractivity contribution in [2.75, 3.05) is 11.9 Å². The summed E-state index contributed by atoms with van der Waals surface area (Å²) in [6.07, 6.45) is -0.00435. The molecule has 27 heavy (non-hydrogen) atoms. The third-order valence-electron chi connectivity index (χ3n) is 3.55. The molecule has 0 aromatic heterocycles. The third kappa shape index (κ3) is 5.44. The van der Waals surface area contributed by atoms with Crippen LogP contribution in [0.15, 0.2) is 42.5 Å². The first-order chi connectivity index (χ1) is 12.9. The largest absolute Gasteiger partial charge is 0.479 e. The van der Waals surface area contributed by atoms with Gasteiger partial charge in [0.2, 0.25) is 0 Å². The van der Waals surface area contributed by atoms with Gasteiger partial charge in [0, 0.05) is 11.8 Å². The number of nitriles is 1. The molecule has 2 aromatic rings. The van der Waals surface area contributed by atoms with Gasteiger partial charge >= 0.3 is 5.97 Å². The monoisotopic (exact) mass is 369 g/mol. The Labute approximate surface area is 156 Å². The number of carbonyl (C=O) groups is 1. The number of rotatable bonds is 8. The fourth-order valence-corrected chi connectivity index (χ4v) is 2.20. The number of ether oxygens (including phenoxy) is 2.